The molecular weight excluding hydrogens is 238 g/mol. The average molecular weight is 263 g/mol. The van der Waals surface area contributed by atoms with Crippen molar-refractivity contribution in [3.05, 3.63) is 23.8 Å². The molecule has 0 saturated heterocycles. The minimum absolute atomic E-state index is 0.104. The summed E-state index contributed by atoms with van der Waals surface area (Å²) in [6.07, 6.45) is 5.06. The fourth-order valence-electron chi connectivity index (χ4n) is 2.98. The van der Waals surface area contributed by atoms with E-state index in [1.165, 1.54) is 25.7 Å². The van der Waals surface area contributed by atoms with Gasteiger partial charge in [-0.2, -0.15) is 0 Å². The van der Waals surface area contributed by atoms with Gasteiger partial charge in [0, 0.05) is 6.04 Å². The van der Waals surface area contributed by atoms with Gasteiger partial charge in [-0.15, -0.1) is 0 Å². The SMILES string of the molecule is COc1ccc(C(N)C2CCC(C)CC2)cc1OC. The molecule has 0 aliphatic heterocycles. The first-order chi connectivity index (χ1) is 9.15. The zero-order chi connectivity index (χ0) is 13.8. The molecule has 2 N–H and O–H groups in total. The van der Waals surface area contributed by atoms with Crippen LogP contribution in [0, 0.1) is 11.8 Å². The van der Waals surface area contributed by atoms with Gasteiger partial charge in [0.05, 0.1) is 14.2 Å². The maximum atomic E-state index is 6.43. The lowest BCUT2D eigenvalue weighted by molar-refractivity contribution is 0.255. The van der Waals surface area contributed by atoms with Crippen molar-refractivity contribution in [2.45, 2.75) is 38.6 Å². The maximum absolute atomic E-state index is 6.43. The Bertz CT molecular complexity index is 411. The lowest BCUT2D eigenvalue weighted by Gasteiger charge is -2.31. The van der Waals surface area contributed by atoms with Crippen molar-refractivity contribution in [3.8, 4) is 11.5 Å². The molecule has 1 aromatic carbocycles. The molecule has 1 aliphatic carbocycles. The Morgan fingerprint density at radius 2 is 1.68 bits per heavy atom. The van der Waals surface area contributed by atoms with E-state index < -0.39 is 0 Å². The van der Waals surface area contributed by atoms with Crippen LogP contribution in [0.25, 0.3) is 0 Å². The first-order valence-corrected chi connectivity index (χ1v) is 7.13. The molecule has 3 nitrogen and oxygen atoms in total. The molecular formula is C16H25NO2. The first kappa shape index (κ1) is 14.2. The van der Waals surface area contributed by atoms with E-state index in [1.54, 1.807) is 14.2 Å². The van der Waals surface area contributed by atoms with Crippen LogP contribution in [0.15, 0.2) is 18.2 Å². The summed E-state index contributed by atoms with van der Waals surface area (Å²) in [4.78, 5) is 0. The summed E-state index contributed by atoms with van der Waals surface area (Å²) in [6, 6.07) is 6.12. The van der Waals surface area contributed by atoms with E-state index >= 15 is 0 Å². The van der Waals surface area contributed by atoms with Crippen LogP contribution in [0.2, 0.25) is 0 Å². The van der Waals surface area contributed by atoms with Crippen LogP contribution >= 0.6 is 0 Å². The highest BCUT2D eigenvalue weighted by atomic mass is 16.5. The van der Waals surface area contributed by atoms with Gasteiger partial charge in [0.1, 0.15) is 0 Å². The predicted molar refractivity (Wildman–Crippen MR) is 77.6 cm³/mol. The van der Waals surface area contributed by atoms with Crippen LogP contribution in [-0.4, -0.2) is 14.2 Å². The molecule has 3 heteroatoms. The van der Waals surface area contributed by atoms with Crippen LogP contribution in [0.4, 0.5) is 0 Å². The molecule has 0 amide bonds. The molecule has 106 valence electrons. The largest absolute Gasteiger partial charge is 0.493 e. The Kier molecular flexibility index (Phi) is 4.70. The van der Waals surface area contributed by atoms with Crippen molar-refractivity contribution in [3.63, 3.8) is 0 Å². The second-order valence-corrected chi connectivity index (χ2v) is 5.66. The molecule has 0 aromatic heterocycles. The summed E-state index contributed by atoms with van der Waals surface area (Å²) in [5.41, 5.74) is 7.58. The fourth-order valence-corrected chi connectivity index (χ4v) is 2.98. The quantitative estimate of drug-likeness (QED) is 0.903. The smallest absolute Gasteiger partial charge is 0.161 e. The monoisotopic (exact) mass is 263 g/mol. The van der Waals surface area contributed by atoms with E-state index in [0.717, 1.165) is 23.0 Å². The van der Waals surface area contributed by atoms with Gasteiger partial charge in [-0.1, -0.05) is 25.8 Å². The molecule has 1 atom stereocenters. The van der Waals surface area contributed by atoms with Gasteiger partial charge in [-0.25, -0.2) is 0 Å². The molecule has 0 radical (unpaired) electrons. The van der Waals surface area contributed by atoms with E-state index in [-0.39, 0.29) is 6.04 Å². The van der Waals surface area contributed by atoms with Gasteiger partial charge in [0.2, 0.25) is 0 Å². The minimum Gasteiger partial charge on any atom is -0.493 e. The van der Waals surface area contributed by atoms with Crippen molar-refractivity contribution >= 4 is 0 Å². The number of hydrogen-bond donors (Lipinski definition) is 1. The number of nitrogens with two attached hydrogens (primary N) is 1. The van der Waals surface area contributed by atoms with Crippen molar-refractivity contribution in [1.82, 2.24) is 0 Å². The third kappa shape index (κ3) is 3.21. The van der Waals surface area contributed by atoms with Crippen LogP contribution < -0.4 is 15.2 Å². The second kappa shape index (κ2) is 6.29. The molecule has 0 spiro atoms. The molecule has 1 aliphatic rings. The minimum atomic E-state index is 0.104. The Balaban J connectivity index is 2.12. The molecule has 1 saturated carbocycles. The molecule has 0 heterocycles. The van der Waals surface area contributed by atoms with Gasteiger partial charge in [-0.05, 0) is 42.4 Å². The van der Waals surface area contributed by atoms with Crippen LogP contribution in [0.5, 0.6) is 11.5 Å². The summed E-state index contributed by atoms with van der Waals surface area (Å²) in [7, 11) is 3.31. The van der Waals surface area contributed by atoms with Crippen LogP contribution in [0.1, 0.15) is 44.2 Å². The Labute approximate surface area is 116 Å². The fraction of sp³-hybridized carbons (Fsp3) is 0.625. The highest BCUT2D eigenvalue weighted by molar-refractivity contribution is 5.43. The highest BCUT2D eigenvalue weighted by Crippen LogP contribution is 2.37. The van der Waals surface area contributed by atoms with Gasteiger partial charge >= 0.3 is 0 Å². The third-order valence-corrected chi connectivity index (χ3v) is 4.36. The standard InChI is InChI=1S/C16H25NO2/c1-11-4-6-12(7-5-11)16(17)13-8-9-14(18-2)15(10-13)19-3/h8-12,16H,4-7,17H2,1-3H3. The predicted octanol–water partition coefficient (Wildman–Crippen LogP) is 3.53. The van der Waals surface area contributed by atoms with Gasteiger partial charge in [-0.3, -0.25) is 0 Å². The topological polar surface area (TPSA) is 44.5 Å². The summed E-state index contributed by atoms with van der Waals surface area (Å²) < 4.78 is 10.6. The zero-order valence-corrected chi connectivity index (χ0v) is 12.2. The van der Waals surface area contributed by atoms with E-state index in [2.05, 4.69) is 13.0 Å². The normalized spacial score (nSPS) is 24.8. The zero-order valence-electron chi connectivity index (χ0n) is 12.2. The number of hydrogen-bond acceptors (Lipinski definition) is 3. The average Bonchev–Trinajstić information content (AvgIpc) is 2.46. The van der Waals surface area contributed by atoms with Gasteiger partial charge < -0.3 is 15.2 Å². The third-order valence-electron chi connectivity index (χ3n) is 4.36. The van der Waals surface area contributed by atoms with Gasteiger partial charge in [0.15, 0.2) is 11.5 Å². The first-order valence-electron chi connectivity index (χ1n) is 7.13. The molecule has 2 rings (SSSR count). The molecule has 1 fully saturated rings. The Hall–Kier alpha value is -1.22. The Morgan fingerprint density at radius 1 is 1.05 bits per heavy atom. The lowest BCUT2D eigenvalue weighted by atomic mass is 9.77. The van der Waals surface area contributed by atoms with E-state index in [1.807, 2.05) is 12.1 Å². The molecule has 19 heavy (non-hydrogen) atoms. The van der Waals surface area contributed by atoms with E-state index in [4.69, 9.17) is 15.2 Å². The second-order valence-electron chi connectivity index (χ2n) is 5.66. The highest BCUT2D eigenvalue weighted by Gasteiger charge is 2.25. The molecule has 1 aromatic rings. The van der Waals surface area contributed by atoms with Crippen molar-refractivity contribution < 1.29 is 9.47 Å². The van der Waals surface area contributed by atoms with E-state index in [9.17, 15) is 0 Å². The Morgan fingerprint density at radius 3 is 2.26 bits per heavy atom. The lowest BCUT2D eigenvalue weighted by Crippen LogP contribution is -2.25. The number of ether oxygens (including phenoxy) is 2. The summed E-state index contributed by atoms with van der Waals surface area (Å²) in [6.45, 7) is 2.33. The summed E-state index contributed by atoms with van der Waals surface area (Å²) in [5.74, 6) is 2.97. The summed E-state index contributed by atoms with van der Waals surface area (Å²) in [5, 5.41) is 0. The summed E-state index contributed by atoms with van der Waals surface area (Å²) >= 11 is 0. The van der Waals surface area contributed by atoms with Crippen LogP contribution in [0.3, 0.4) is 0 Å². The van der Waals surface area contributed by atoms with Crippen molar-refractivity contribution in [2.24, 2.45) is 17.6 Å². The number of rotatable bonds is 4. The van der Waals surface area contributed by atoms with Crippen molar-refractivity contribution in [1.29, 1.82) is 0 Å². The molecule has 1 unspecified atom stereocenters. The van der Waals surface area contributed by atoms with E-state index in [0.29, 0.717) is 5.92 Å². The number of benzene rings is 1. The molecule has 0 bridgehead atoms. The van der Waals surface area contributed by atoms with Crippen molar-refractivity contribution in [2.75, 3.05) is 14.2 Å². The number of methoxy groups -OCH3 is 2. The maximum Gasteiger partial charge on any atom is 0.161 e. The van der Waals surface area contributed by atoms with Gasteiger partial charge in [0.25, 0.3) is 0 Å². The van der Waals surface area contributed by atoms with Crippen LogP contribution in [-0.2, 0) is 0 Å².